The van der Waals surface area contributed by atoms with E-state index in [0.29, 0.717) is 28.0 Å². The van der Waals surface area contributed by atoms with E-state index in [1.54, 1.807) is 30.6 Å². The van der Waals surface area contributed by atoms with Crippen molar-refractivity contribution < 1.29 is 4.79 Å². The van der Waals surface area contributed by atoms with Crippen molar-refractivity contribution in [2.45, 2.75) is 19.4 Å². The van der Waals surface area contributed by atoms with Crippen molar-refractivity contribution in [3.63, 3.8) is 0 Å². The van der Waals surface area contributed by atoms with Crippen LogP contribution >= 0.6 is 23.2 Å². The Hall–Kier alpha value is -1.72. The van der Waals surface area contributed by atoms with Crippen molar-refractivity contribution in [3.8, 4) is 0 Å². The van der Waals surface area contributed by atoms with E-state index in [-0.39, 0.29) is 12.1 Å². The molecule has 0 bridgehead atoms. The maximum absolute atomic E-state index is 12.0. The van der Waals surface area contributed by atoms with Gasteiger partial charge in [0.25, 0.3) is 0 Å². The number of hydrogen-bond donors (Lipinski definition) is 3. The van der Waals surface area contributed by atoms with Gasteiger partial charge in [0, 0.05) is 17.4 Å². The van der Waals surface area contributed by atoms with Crippen LogP contribution in [0.2, 0.25) is 10.0 Å². The predicted molar refractivity (Wildman–Crippen MR) is 80.2 cm³/mol. The lowest BCUT2D eigenvalue weighted by Gasteiger charge is -2.16. The number of nitrogens with one attached hydrogen (secondary N) is 3. The van der Waals surface area contributed by atoms with Gasteiger partial charge in [-0.1, -0.05) is 30.1 Å². The lowest BCUT2D eigenvalue weighted by molar-refractivity contribution is 0.247. The van der Waals surface area contributed by atoms with Crippen molar-refractivity contribution in [2.24, 2.45) is 0 Å². The highest BCUT2D eigenvalue weighted by molar-refractivity contribution is 6.35. The molecule has 0 aliphatic heterocycles. The second-order valence-electron chi connectivity index (χ2n) is 4.16. The summed E-state index contributed by atoms with van der Waals surface area (Å²) in [5, 5.41) is 6.42. The molecule has 106 valence electrons. The molecule has 0 spiro atoms. The Labute approximate surface area is 126 Å². The van der Waals surface area contributed by atoms with Crippen LogP contribution in [0.4, 0.5) is 10.5 Å². The Morgan fingerprint density at radius 2 is 2.25 bits per heavy atom. The summed E-state index contributed by atoms with van der Waals surface area (Å²) >= 11 is 11.9. The molecule has 1 aromatic carbocycles. The quantitative estimate of drug-likeness (QED) is 0.799. The van der Waals surface area contributed by atoms with Gasteiger partial charge in [0.1, 0.15) is 5.82 Å². The van der Waals surface area contributed by atoms with Crippen molar-refractivity contribution in [1.82, 2.24) is 15.3 Å². The molecular weight excluding hydrogens is 299 g/mol. The highest BCUT2D eigenvalue weighted by atomic mass is 35.5. The van der Waals surface area contributed by atoms with E-state index >= 15 is 0 Å². The van der Waals surface area contributed by atoms with Gasteiger partial charge < -0.3 is 15.6 Å². The van der Waals surface area contributed by atoms with E-state index in [4.69, 9.17) is 23.2 Å². The maximum Gasteiger partial charge on any atom is 0.319 e. The summed E-state index contributed by atoms with van der Waals surface area (Å²) in [7, 11) is 0. The number of benzene rings is 1. The Balaban J connectivity index is 2.03. The molecule has 3 N–H and O–H groups in total. The molecule has 2 aromatic rings. The number of rotatable bonds is 4. The molecule has 1 atom stereocenters. The number of anilines is 1. The van der Waals surface area contributed by atoms with Gasteiger partial charge in [-0.15, -0.1) is 0 Å². The molecule has 7 heteroatoms. The van der Waals surface area contributed by atoms with Crippen LogP contribution in [0.25, 0.3) is 0 Å². The van der Waals surface area contributed by atoms with Crippen LogP contribution in [0, 0.1) is 0 Å². The Morgan fingerprint density at radius 3 is 2.90 bits per heavy atom. The Bertz CT molecular complexity index is 586. The number of amides is 2. The van der Waals surface area contributed by atoms with E-state index < -0.39 is 0 Å². The van der Waals surface area contributed by atoms with Gasteiger partial charge >= 0.3 is 6.03 Å². The van der Waals surface area contributed by atoms with Crippen molar-refractivity contribution in [2.75, 3.05) is 5.32 Å². The zero-order valence-corrected chi connectivity index (χ0v) is 12.3. The summed E-state index contributed by atoms with van der Waals surface area (Å²) in [6, 6.07) is 4.33. The van der Waals surface area contributed by atoms with Gasteiger partial charge in [0.2, 0.25) is 0 Å². The number of urea groups is 1. The van der Waals surface area contributed by atoms with Gasteiger partial charge in [0.15, 0.2) is 0 Å². The third kappa shape index (κ3) is 3.65. The van der Waals surface area contributed by atoms with Crippen LogP contribution in [0.3, 0.4) is 0 Å². The zero-order valence-electron chi connectivity index (χ0n) is 10.8. The fourth-order valence-electron chi connectivity index (χ4n) is 1.74. The van der Waals surface area contributed by atoms with E-state index in [1.807, 2.05) is 6.92 Å². The average molecular weight is 313 g/mol. The largest absolute Gasteiger partial charge is 0.347 e. The molecule has 1 unspecified atom stereocenters. The minimum absolute atomic E-state index is 0.192. The van der Waals surface area contributed by atoms with Crippen LogP contribution in [-0.4, -0.2) is 16.0 Å². The summed E-state index contributed by atoms with van der Waals surface area (Å²) in [4.78, 5) is 19.1. The highest BCUT2D eigenvalue weighted by Crippen LogP contribution is 2.25. The summed E-state index contributed by atoms with van der Waals surface area (Å²) in [5.41, 5.74) is 0.464. The standard InChI is InChI=1S/C13H14Cl2N4O/c1-2-10(12-16-5-6-17-12)18-13(20)19-11-7-8(14)3-4-9(11)15/h3-7,10H,2H2,1H3,(H,16,17)(H2,18,19,20). The predicted octanol–water partition coefficient (Wildman–Crippen LogP) is 3.99. The second kappa shape index (κ2) is 6.63. The van der Waals surface area contributed by atoms with Gasteiger partial charge in [-0.3, -0.25) is 0 Å². The minimum Gasteiger partial charge on any atom is -0.347 e. The number of hydrogen-bond acceptors (Lipinski definition) is 2. The number of aromatic amines is 1. The first-order valence-electron chi connectivity index (χ1n) is 6.12. The van der Waals surface area contributed by atoms with E-state index in [2.05, 4.69) is 20.6 Å². The fourth-order valence-corrected chi connectivity index (χ4v) is 2.08. The van der Waals surface area contributed by atoms with Crippen LogP contribution < -0.4 is 10.6 Å². The Kier molecular flexibility index (Phi) is 4.87. The van der Waals surface area contributed by atoms with Crippen molar-refractivity contribution in [3.05, 3.63) is 46.5 Å². The first-order valence-corrected chi connectivity index (χ1v) is 6.87. The molecule has 0 fully saturated rings. The third-order valence-corrected chi connectivity index (χ3v) is 3.30. The van der Waals surface area contributed by atoms with Crippen LogP contribution in [-0.2, 0) is 0 Å². The molecule has 0 radical (unpaired) electrons. The number of aromatic nitrogens is 2. The number of carbonyl (C=O) groups excluding carboxylic acids is 1. The van der Waals surface area contributed by atoms with Crippen LogP contribution in [0.15, 0.2) is 30.6 Å². The Morgan fingerprint density at radius 1 is 1.45 bits per heavy atom. The normalized spacial score (nSPS) is 11.9. The molecule has 0 aliphatic rings. The fraction of sp³-hybridized carbons (Fsp3) is 0.231. The van der Waals surface area contributed by atoms with Gasteiger partial charge in [-0.2, -0.15) is 0 Å². The summed E-state index contributed by atoms with van der Waals surface area (Å²) in [6.45, 7) is 1.96. The van der Waals surface area contributed by atoms with Crippen molar-refractivity contribution >= 4 is 34.9 Å². The number of imidazole rings is 1. The average Bonchev–Trinajstić information content (AvgIpc) is 2.94. The summed E-state index contributed by atoms with van der Waals surface area (Å²) in [5.74, 6) is 0.708. The molecule has 20 heavy (non-hydrogen) atoms. The first kappa shape index (κ1) is 14.7. The lowest BCUT2D eigenvalue weighted by Crippen LogP contribution is -2.32. The molecule has 2 rings (SSSR count). The molecule has 0 saturated carbocycles. The van der Waals surface area contributed by atoms with Crippen LogP contribution in [0.1, 0.15) is 25.2 Å². The summed E-state index contributed by atoms with van der Waals surface area (Å²) < 4.78 is 0. The maximum atomic E-state index is 12.0. The first-order chi connectivity index (χ1) is 9.60. The van der Waals surface area contributed by atoms with Gasteiger partial charge in [-0.05, 0) is 24.6 Å². The molecule has 0 saturated heterocycles. The number of H-pyrrole nitrogens is 1. The van der Waals surface area contributed by atoms with Crippen LogP contribution in [0.5, 0.6) is 0 Å². The number of carbonyl (C=O) groups is 1. The number of nitrogens with zero attached hydrogens (tertiary/aromatic N) is 1. The minimum atomic E-state index is -0.364. The zero-order chi connectivity index (χ0) is 14.5. The molecule has 0 aliphatic carbocycles. The molecular formula is C13H14Cl2N4O. The van der Waals surface area contributed by atoms with Crippen molar-refractivity contribution in [1.29, 1.82) is 0 Å². The van der Waals surface area contributed by atoms with Gasteiger partial charge in [-0.25, -0.2) is 9.78 Å². The smallest absolute Gasteiger partial charge is 0.319 e. The highest BCUT2D eigenvalue weighted by Gasteiger charge is 2.15. The molecule has 1 heterocycles. The molecule has 1 aromatic heterocycles. The lowest BCUT2D eigenvalue weighted by atomic mass is 10.2. The third-order valence-electron chi connectivity index (χ3n) is 2.74. The molecule has 5 nitrogen and oxygen atoms in total. The van der Waals surface area contributed by atoms with Gasteiger partial charge in [0.05, 0.1) is 16.8 Å². The van der Waals surface area contributed by atoms with E-state index in [9.17, 15) is 4.79 Å². The second-order valence-corrected chi connectivity index (χ2v) is 5.00. The monoisotopic (exact) mass is 312 g/mol. The topological polar surface area (TPSA) is 69.8 Å². The SMILES string of the molecule is CCC(NC(=O)Nc1cc(Cl)ccc1Cl)c1ncc[nH]1. The van der Waals surface area contributed by atoms with E-state index in [1.165, 1.54) is 0 Å². The molecule has 2 amide bonds. The summed E-state index contributed by atoms with van der Waals surface area (Å²) in [6.07, 6.45) is 4.07. The number of halogens is 2. The van der Waals surface area contributed by atoms with E-state index in [0.717, 1.165) is 0 Å².